The van der Waals surface area contributed by atoms with Crippen molar-refractivity contribution in [1.29, 1.82) is 0 Å². The zero-order valence-electron chi connectivity index (χ0n) is 9.63. The highest BCUT2D eigenvalue weighted by Gasteiger charge is 2.13. The highest BCUT2D eigenvalue weighted by molar-refractivity contribution is 9.10. The molecule has 2 aromatic rings. The van der Waals surface area contributed by atoms with E-state index in [9.17, 15) is 4.39 Å². The van der Waals surface area contributed by atoms with Crippen molar-refractivity contribution in [3.8, 4) is 16.9 Å². The summed E-state index contributed by atoms with van der Waals surface area (Å²) in [5.74, 6) is -0.0809. The first kappa shape index (κ1) is 12.1. The third-order valence-corrected chi connectivity index (χ3v) is 3.12. The van der Waals surface area contributed by atoms with Gasteiger partial charge in [0.15, 0.2) is 11.6 Å². The van der Waals surface area contributed by atoms with Crippen molar-refractivity contribution >= 4 is 15.9 Å². The van der Waals surface area contributed by atoms with Gasteiger partial charge in [-0.3, -0.25) is 0 Å². The second kappa shape index (κ2) is 4.88. The Morgan fingerprint density at radius 3 is 2.47 bits per heavy atom. The summed E-state index contributed by atoms with van der Waals surface area (Å²) in [6.07, 6.45) is 0. The van der Waals surface area contributed by atoms with Crippen molar-refractivity contribution in [2.75, 3.05) is 7.11 Å². The van der Waals surface area contributed by atoms with Crippen LogP contribution in [-0.4, -0.2) is 7.11 Å². The molecule has 88 valence electrons. The summed E-state index contributed by atoms with van der Waals surface area (Å²) in [6, 6.07) is 11.1. The highest BCUT2D eigenvalue weighted by atomic mass is 79.9. The van der Waals surface area contributed by atoms with Crippen LogP contribution in [-0.2, 0) is 0 Å². The Balaban J connectivity index is 2.67. The van der Waals surface area contributed by atoms with E-state index in [0.717, 1.165) is 15.6 Å². The van der Waals surface area contributed by atoms with E-state index in [0.29, 0.717) is 5.56 Å². The molecule has 3 heteroatoms. The summed E-state index contributed by atoms with van der Waals surface area (Å²) in [7, 11) is 1.46. The van der Waals surface area contributed by atoms with Crippen LogP contribution in [0.25, 0.3) is 11.1 Å². The van der Waals surface area contributed by atoms with Crippen molar-refractivity contribution in [2.24, 2.45) is 0 Å². The molecule has 2 rings (SSSR count). The number of methoxy groups -OCH3 is 1. The van der Waals surface area contributed by atoms with Crippen LogP contribution in [0.5, 0.6) is 5.75 Å². The minimum absolute atomic E-state index is 0.248. The van der Waals surface area contributed by atoms with Gasteiger partial charge in [-0.1, -0.05) is 40.2 Å². The molecule has 0 aliphatic heterocycles. The van der Waals surface area contributed by atoms with Crippen molar-refractivity contribution in [2.45, 2.75) is 6.92 Å². The molecule has 0 aliphatic carbocycles. The highest BCUT2D eigenvalue weighted by Crippen LogP contribution is 2.34. The molecule has 2 aromatic carbocycles. The Morgan fingerprint density at radius 1 is 1.12 bits per heavy atom. The van der Waals surface area contributed by atoms with Crippen LogP contribution in [0.15, 0.2) is 40.9 Å². The maximum atomic E-state index is 14.2. The van der Waals surface area contributed by atoms with Gasteiger partial charge < -0.3 is 4.74 Å². The lowest BCUT2D eigenvalue weighted by atomic mass is 10.00. The Hall–Kier alpha value is -1.35. The van der Waals surface area contributed by atoms with E-state index in [4.69, 9.17) is 4.74 Å². The predicted molar refractivity (Wildman–Crippen MR) is 70.8 cm³/mol. The molecule has 0 fully saturated rings. The molecular weight excluding hydrogens is 283 g/mol. The Bertz CT molecular complexity index is 552. The van der Waals surface area contributed by atoms with Gasteiger partial charge in [-0.05, 0) is 30.2 Å². The molecular formula is C14H12BrFO. The number of halogens is 2. The summed E-state index contributed by atoms with van der Waals surface area (Å²) in [6.45, 7) is 1.96. The van der Waals surface area contributed by atoms with Crippen LogP contribution in [0.1, 0.15) is 5.56 Å². The fourth-order valence-electron chi connectivity index (χ4n) is 1.78. The number of hydrogen-bond donors (Lipinski definition) is 0. The molecule has 0 spiro atoms. The van der Waals surface area contributed by atoms with Crippen molar-refractivity contribution in [3.05, 3.63) is 52.3 Å². The monoisotopic (exact) mass is 294 g/mol. The minimum Gasteiger partial charge on any atom is -0.494 e. The molecule has 1 nitrogen and oxygen atoms in total. The molecule has 0 aliphatic rings. The summed E-state index contributed by atoms with van der Waals surface area (Å²) < 4.78 is 20.0. The first-order valence-corrected chi connectivity index (χ1v) is 6.02. The van der Waals surface area contributed by atoms with Gasteiger partial charge in [-0.25, -0.2) is 4.39 Å². The zero-order chi connectivity index (χ0) is 12.4. The molecule has 0 aromatic heterocycles. The smallest absolute Gasteiger partial charge is 0.172 e. The number of benzene rings is 2. The molecule has 0 amide bonds. The second-order valence-corrected chi connectivity index (χ2v) is 4.70. The summed E-state index contributed by atoms with van der Waals surface area (Å²) >= 11 is 3.36. The molecule has 0 bridgehead atoms. The van der Waals surface area contributed by atoms with Gasteiger partial charge >= 0.3 is 0 Å². The predicted octanol–water partition coefficient (Wildman–Crippen LogP) is 4.57. The van der Waals surface area contributed by atoms with Crippen molar-refractivity contribution < 1.29 is 9.13 Å². The third-order valence-electron chi connectivity index (χ3n) is 2.66. The van der Waals surface area contributed by atoms with Crippen LogP contribution in [0, 0.1) is 12.7 Å². The molecule has 0 atom stereocenters. The second-order valence-electron chi connectivity index (χ2n) is 3.78. The third kappa shape index (κ3) is 2.34. The van der Waals surface area contributed by atoms with Crippen LogP contribution < -0.4 is 4.74 Å². The Labute approximate surface area is 108 Å². The topological polar surface area (TPSA) is 9.23 Å². The van der Waals surface area contributed by atoms with Gasteiger partial charge in [0.05, 0.1) is 7.11 Å². The maximum absolute atomic E-state index is 14.2. The zero-order valence-corrected chi connectivity index (χ0v) is 11.2. The van der Waals surface area contributed by atoms with Crippen LogP contribution in [0.2, 0.25) is 0 Å². The minimum atomic E-state index is -0.329. The fourth-order valence-corrected chi connectivity index (χ4v) is 2.22. The summed E-state index contributed by atoms with van der Waals surface area (Å²) in [5, 5.41) is 0. The molecule has 0 unspecified atom stereocenters. The van der Waals surface area contributed by atoms with Crippen LogP contribution in [0.4, 0.5) is 4.39 Å². The fraction of sp³-hybridized carbons (Fsp3) is 0.143. The Kier molecular flexibility index (Phi) is 3.48. The molecule has 0 radical (unpaired) electrons. The lowest BCUT2D eigenvalue weighted by molar-refractivity contribution is 0.387. The number of hydrogen-bond acceptors (Lipinski definition) is 1. The SMILES string of the molecule is COc1cc(Br)cc(-c2ccccc2C)c1F. The molecule has 0 heterocycles. The van der Waals surface area contributed by atoms with Gasteiger partial charge in [-0.2, -0.15) is 0 Å². The van der Waals surface area contributed by atoms with E-state index in [1.807, 2.05) is 31.2 Å². The Morgan fingerprint density at radius 2 is 1.82 bits per heavy atom. The largest absolute Gasteiger partial charge is 0.494 e. The first-order chi connectivity index (χ1) is 8.13. The quantitative estimate of drug-likeness (QED) is 0.788. The van der Waals surface area contributed by atoms with Gasteiger partial charge in [0, 0.05) is 10.0 Å². The van der Waals surface area contributed by atoms with Crippen molar-refractivity contribution in [3.63, 3.8) is 0 Å². The standard InChI is InChI=1S/C14H12BrFO/c1-9-5-3-4-6-11(9)12-7-10(15)8-13(17-2)14(12)16/h3-8H,1-2H3. The van der Waals surface area contributed by atoms with Crippen molar-refractivity contribution in [1.82, 2.24) is 0 Å². The average molecular weight is 295 g/mol. The lowest BCUT2D eigenvalue weighted by Gasteiger charge is -2.11. The van der Waals surface area contributed by atoms with Crippen LogP contribution in [0.3, 0.4) is 0 Å². The number of rotatable bonds is 2. The van der Waals surface area contributed by atoms with Crippen LogP contribution >= 0.6 is 15.9 Å². The maximum Gasteiger partial charge on any atom is 0.172 e. The summed E-state index contributed by atoms with van der Waals surface area (Å²) in [4.78, 5) is 0. The normalized spacial score (nSPS) is 10.4. The number of ether oxygens (including phenoxy) is 1. The molecule has 17 heavy (non-hydrogen) atoms. The van der Waals surface area contributed by atoms with E-state index in [1.54, 1.807) is 12.1 Å². The van der Waals surface area contributed by atoms with E-state index in [1.165, 1.54) is 7.11 Å². The molecule has 0 saturated heterocycles. The van der Waals surface area contributed by atoms with Gasteiger partial charge in [0.2, 0.25) is 0 Å². The van der Waals surface area contributed by atoms with E-state index in [-0.39, 0.29) is 11.6 Å². The lowest BCUT2D eigenvalue weighted by Crippen LogP contribution is -1.93. The average Bonchev–Trinajstić information content (AvgIpc) is 2.32. The first-order valence-electron chi connectivity index (χ1n) is 5.22. The van der Waals surface area contributed by atoms with E-state index in [2.05, 4.69) is 15.9 Å². The molecule has 0 saturated carbocycles. The van der Waals surface area contributed by atoms with E-state index >= 15 is 0 Å². The van der Waals surface area contributed by atoms with E-state index < -0.39 is 0 Å². The number of aryl methyl sites for hydroxylation is 1. The molecule has 0 N–H and O–H groups in total. The summed E-state index contributed by atoms with van der Waals surface area (Å²) in [5.41, 5.74) is 2.46. The van der Waals surface area contributed by atoms with Gasteiger partial charge in [0.1, 0.15) is 0 Å². The van der Waals surface area contributed by atoms with Gasteiger partial charge in [0.25, 0.3) is 0 Å². The van der Waals surface area contributed by atoms with Gasteiger partial charge in [-0.15, -0.1) is 0 Å².